The van der Waals surface area contributed by atoms with Gasteiger partial charge >= 0.3 is 19.8 Å². The van der Waals surface area contributed by atoms with Crippen molar-refractivity contribution in [2.75, 3.05) is 47.5 Å². The number of allylic oxidation sites excluding steroid dienone is 8. The second kappa shape index (κ2) is 37.9. The molecule has 0 spiro atoms. The molecule has 0 fully saturated rings. The van der Waals surface area contributed by atoms with Crippen LogP contribution >= 0.6 is 7.82 Å². The Balaban J connectivity index is 4.45. The van der Waals surface area contributed by atoms with Crippen molar-refractivity contribution < 1.29 is 46.8 Å². The maximum Gasteiger partial charge on any atom is 0.472 e. The first-order valence-electron chi connectivity index (χ1n) is 22.3. The Bertz CT molecular complexity index is 1170. The van der Waals surface area contributed by atoms with Crippen LogP contribution in [-0.4, -0.2) is 80.7 Å². The molecule has 0 bridgehead atoms. The van der Waals surface area contributed by atoms with Gasteiger partial charge in [-0.15, -0.1) is 0 Å². The van der Waals surface area contributed by atoms with Crippen molar-refractivity contribution in [1.82, 2.24) is 0 Å². The second-order valence-corrected chi connectivity index (χ2v) is 17.6. The number of likely N-dealkylation sites (N-methyl/N-ethyl adjacent to an activating group) is 1. The summed E-state index contributed by atoms with van der Waals surface area (Å²) in [6, 6.07) is 0. The number of hydrogen-bond donors (Lipinski definition) is 1. The van der Waals surface area contributed by atoms with Crippen molar-refractivity contribution in [2.45, 2.75) is 180 Å². The molecule has 0 aliphatic rings. The first-order valence-corrected chi connectivity index (χ1v) is 23.8. The highest BCUT2D eigenvalue weighted by molar-refractivity contribution is 7.47. The van der Waals surface area contributed by atoms with Gasteiger partial charge in [0.1, 0.15) is 19.8 Å². The molecular weight excluding hydrogens is 741 g/mol. The Morgan fingerprint density at radius 1 is 0.596 bits per heavy atom. The van der Waals surface area contributed by atoms with Crippen LogP contribution in [0.3, 0.4) is 0 Å². The number of quaternary nitrogens is 1. The van der Waals surface area contributed by atoms with Gasteiger partial charge in [0.15, 0.2) is 11.9 Å². The molecule has 0 aromatic carbocycles. The molecule has 0 heterocycles. The minimum atomic E-state index is -4.41. The summed E-state index contributed by atoms with van der Waals surface area (Å²) in [6.45, 7) is 4.19. The average Bonchev–Trinajstić information content (AvgIpc) is 3.15. The van der Waals surface area contributed by atoms with E-state index in [9.17, 15) is 23.8 Å². The molecule has 2 atom stereocenters. The molecule has 0 aromatic heterocycles. The predicted molar refractivity (Wildman–Crippen MR) is 234 cm³/mol. The molecule has 0 rings (SSSR count). The van der Waals surface area contributed by atoms with E-state index >= 15 is 0 Å². The lowest BCUT2D eigenvalue weighted by Crippen LogP contribution is -2.37. The van der Waals surface area contributed by atoms with Crippen LogP contribution in [-0.2, 0) is 37.5 Å². The maximum atomic E-state index is 12.7. The lowest BCUT2D eigenvalue weighted by Gasteiger charge is -2.24. The quantitative estimate of drug-likeness (QED) is 0.0122. The Morgan fingerprint density at radius 2 is 1.11 bits per heavy atom. The second-order valence-electron chi connectivity index (χ2n) is 16.1. The molecule has 0 aromatic rings. The summed E-state index contributed by atoms with van der Waals surface area (Å²) < 4.78 is 34.2. The van der Waals surface area contributed by atoms with Crippen LogP contribution in [0, 0.1) is 0 Å². The molecule has 0 saturated heterocycles. The number of carbonyl (C=O) groups excluding carboxylic acids is 3. The number of ether oxygens (including phenoxy) is 2. The molecule has 10 nitrogen and oxygen atoms in total. The Kier molecular flexibility index (Phi) is 36.3. The topological polar surface area (TPSA) is 125 Å². The van der Waals surface area contributed by atoms with Crippen molar-refractivity contribution in [2.24, 2.45) is 0 Å². The van der Waals surface area contributed by atoms with Crippen LogP contribution in [0.4, 0.5) is 0 Å². The van der Waals surface area contributed by atoms with Crippen molar-refractivity contribution in [3.63, 3.8) is 0 Å². The number of hydrogen-bond acceptors (Lipinski definition) is 8. The summed E-state index contributed by atoms with van der Waals surface area (Å²) >= 11 is 0. The van der Waals surface area contributed by atoms with E-state index in [1.165, 1.54) is 64.2 Å². The largest absolute Gasteiger partial charge is 0.472 e. The van der Waals surface area contributed by atoms with E-state index in [4.69, 9.17) is 18.5 Å². The average molecular weight is 825 g/mol. The number of rotatable bonds is 40. The summed E-state index contributed by atoms with van der Waals surface area (Å²) in [6.07, 6.45) is 39.7. The van der Waals surface area contributed by atoms with Gasteiger partial charge in [-0.25, -0.2) is 4.57 Å². The van der Waals surface area contributed by atoms with Crippen molar-refractivity contribution in [1.29, 1.82) is 0 Å². The summed E-state index contributed by atoms with van der Waals surface area (Å²) in [5.41, 5.74) is 0. The van der Waals surface area contributed by atoms with E-state index in [0.29, 0.717) is 30.3 Å². The molecule has 0 aliphatic carbocycles. The SMILES string of the molecule is CCCCC/C=C\C=C\C(=O)CCCCCCCC(=O)O[C@H](COC(=O)CCCCCCCCC/C=C\C/C=C\CCCCC)COP(=O)(O)OCC[N+](C)(C)C. The molecule has 57 heavy (non-hydrogen) atoms. The van der Waals surface area contributed by atoms with E-state index < -0.39 is 32.5 Å². The zero-order valence-corrected chi connectivity index (χ0v) is 37.7. The van der Waals surface area contributed by atoms with Crippen LogP contribution in [0.25, 0.3) is 0 Å². The standard InChI is InChI=1S/C46H82NO9P/c1-6-8-10-12-14-15-16-17-18-19-20-21-22-23-25-29-33-37-45(49)53-41-44(42-55-57(51,52)54-40-39-47(3,4)5)56-46(50)38-34-30-26-28-32-36-43(48)35-31-27-24-13-11-9-7-2/h14-15,17-18,24,27,31,35,44H,6-13,16,19-23,25-26,28-30,32-34,36-42H2,1-5H3/p+1/b15-14-,18-17-,27-24-,35-31+/t44-/m1/s1. The van der Waals surface area contributed by atoms with Gasteiger partial charge in [0.05, 0.1) is 27.7 Å². The van der Waals surface area contributed by atoms with Crippen LogP contribution in [0.2, 0.25) is 0 Å². The Hall–Kier alpha value is -2.36. The van der Waals surface area contributed by atoms with Gasteiger partial charge in [-0.05, 0) is 70.3 Å². The van der Waals surface area contributed by atoms with Crippen molar-refractivity contribution >= 4 is 25.5 Å². The number of phosphoric acid groups is 1. The van der Waals surface area contributed by atoms with Gasteiger partial charge in [0.2, 0.25) is 0 Å². The number of nitrogens with zero attached hydrogens (tertiary/aromatic N) is 1. The zero-order valence-electron chi connectivity index (χ0n) is 36.8. The molecule has 0 amide bonds. The number of ketones is 1. The molecule has 11 heteroatoms. The monoisotopic (exact) mass is 825 g/mol. The van der Waals surface area contributed by atoms with E-state index in [2.05, 4.69) is 44.2 Å². The Labute approximate surface area is 348 Å². The van der Waals surface area contributed by atoms with Gasteiger partial charge in [-0.3, -0.25) is 23.4 Å². The highest BCUT2D eigenvalue weighted by atomic mass is 31.2. The minimum Gasteiger partial charge on any atom is -0.462 e. The molecule has 0 saturated carbocycles. The molecule has 0 radical (unpaired) electrons. The van der Waals surface area contributed by atoms with Gasteiger partial charge in [-0.2, -0.15) is 0 Å². The fraction of sp³-hybridized carbons (Fsp3) is 0.761. The normalized spacial score (nSPS) is 13.9. The highest BCUT2D eigenvalue weighted by Gasteiger charge is 2.27. The van der Waals surface area contributed by atoms with Crippen LogP contribution < -0.4 is 0 Å². The smallest absolute Gasteiger partial charge is 0.462 e. The summed E-state index contributed by atoms with van der Waals surface area (Å²) in [4.78, 5) is 47.4. The van der Waals surface area contributed by atoms with Gasteiger partial charge < -0.3 is 18.9 Å². The van der Waals surface area contributed by atoms with Gasteiger partial charge in [0.25, 0.3) is 0 Å². The third kappa shape index (κ3) is 41.6. The predicted octanol–water partition coefficient (Wildman–Crippen LogP) is 11.9. The summed E-state index contributed by atoms with van der Waals surface area (Å²) in [7, 11) is 1.39. The molecule has 1 unspecified atom stereocenters. The minimum absolute atomic E-state index is 0.00677. The van der Waals surface area contributed by atoms with Crippen molar-refractivity contribution in [3.8, 4) is 0 Å². The number of esters is 2. The molecule has 1 N–H and O–H groups in total. The van der Waals surface area contributed by atoms with E-state index in [-0.39, 0.29) is 31.8 Å². The number of phosphoric ester groups is 1. The van der Waals surface area contributed by atoms with Crippen LogP contribution in [0.1, 0.15) is 174 Å². The van der Waals surface area contributed by atoms with E-state index in [0.717, 1.165) is 64.2 Å². The summed E-state index contributed by atoms with van der Waals surface area (Å²) in [5, 5.41) is 0. The zero-order chi connectivity index (χ0) is 42.3. The van der Waals surface area contributed by atoms with E-state index in [1.54, 1.807) is 6.08 Å². The fourth-order valence-electron chi connectivity index (χ4n) is 5.73. The third-order valence-electron chi connectivity index (χ3n) is 9.31. The first-order chi connectivity index (χ1) is 27.4. The summed E-state index contributed by atoms with van der Waals surface area (Å²) in [5.74, 6) is -0.783. The van der Waals surface area contributed by atoms with Crippen LogP contribution in [0.5, 0.6) is 0 Å². The van der Waals surface area contributed by atoms with E-state index in [1.807, 2.05) is 33.3 Å². The maximum absolute atomic E-state index is 12.7. The molecule has 0 aliphatic heterocycles. The number of carbonyl (C=O) groups is 3. The van der Waals surface area contributed by atoms with Crippen LogP contribution in [0.15, 0.2) is 48.6 Å². The highest BCUT2D eigenvalue weighted by Crippen LogP contribution is 2.43. The fourth-order valence-corrected chi connectivity index (χ4v) is 6.47. The number of unbranched alkanes of at least 4 members (excludes halogenated alkanes) is 17. The molecular formula is C46H83NO9P+. The molecule has 330 valence electrons. The van der Waals surface area contributed by atoms with Gasteiger partial charge in [-0.1, -0.05) is 133 Å². The first kappa shape index (κ1) is 54.6. The lowest BCUT2D eigenvalue weighted by molar-refractivity contribution is -0.870. The Morgan fingerprint density at radius 3 is 1.68 bits per heavy atom. The van der Waals surface area contributed by atoms with Gasteiger partial charge in [0, 0.05) is 19.3 Å². The van der Waals surface area contributed by atoms with Crippen molar-refractivity contribution in [3.05, 3.63) is 48.6 Å². The third-order valence-corrected chi connectivity index (χ3v) is 10.3. The lowest BCUT2D eigenvalue weighted by atomic mass is 10.1.